The van der Waals surface area contributed by atoms with Crippen molar-refractivity contribution in [2.24, 2.45) is 0 Å². The molecule has 0 saturated carbocycles. The van der Waals surface area contributed by atoms with Gasteiger partial charge in [0.25, 0.3) is 0 Å². The average molecular weight is 256 g/mol. The maximum atomic E-state index is 4.76. The molecule has 2 nitrogen and oxygen atoms in total. The van der Waals surface area contributed by atoms with Crippen LogP contribution in [-0.2, 0) is 0 Å². The van der Waals surface area contributed by atoms with E-state index in [-0.39, 0.29) is 0 Å². The zero-order valence-electron chi connectivity index (χ0n) is 10.8. The Morgan fingerprint density at radius 3 is 2.50 bits per heavy atom. The number of hydrogen-bond acceptors (Lipinski definition) is 2. The summed E-state index contributed by atoms with van der Waals surface area (Å²) >= 11 is 0. The SMILES string of the molecule is c1ccc2nc(-c3cccc4cccnc34)ccc2c1. The predicted molar refractivity (Wildman–Crippen MR) is 82.5 cm³/mol. The van der Waals surface area contributed by atoms with Crippen molar-refractivity contribution in [3.8, 4) is 11.3 Å². The number of aromatic nitrogens is 2. The van der Waals surface area contributed by atoms with Crippen LogP contribution in [-0.4, -0.2) is 9.97 Å². The molecule has 94 valence electrons. The van der Waals surface area contributed by atoms with E-state index < -0.39 is 0 Å². The van der Waals surface area contributed by atoms with Gasteiger partial charge in [-0.2, -0.15) is 0 Å². The molecule has 0 N–H and O–H groups in total. The fourth-order valence-electron chi connectivity index (χ4n) is 2.53. The molecule has 0 bridgehead atoms. The van der Waals surface area contributed by atoms with E-state index in [4.69, 9.17) is 4.98 Å². The van der Waals surface area contributed by atoms with E-state index in [1.54, 1.807) is 0 Å². The highest BCUT2D eigenvalue weighted by Crippen LogP contribution is 2.26. The molecule has 0 spiro atoms. The third-order valence-corrected chi connectivity index (χ3v) is 3.51. The molecule has 2 heteroatoms. The van der Waals surface area contributed by atoms with E-state index in [9.17, 15) is 0 Å². The monoisotopic (exact) mass is 256 g/mol. The Labute approximate surface area is 116 Å². The van der Waals surface area contributed by atoms with Crippen molar-refractivity contribution in [3.05, 3.63) is 72.9 Å². The molecule has 0 radical (unpaired) electrons. The molecule has 0 amide bonds. The first-order chi connectivity index (χ1) is 9.92. The first kappa shape index (κ1) is 11.1. The molecule has 0 saturated heterocycles. The van der Waals surface area contributed by atoms with E-state index in [0.29, 0.717) is 0 Å². The van der Waals surface area contributed by atoms with E-state index in [2.05, 4.69) is 47.4 Å². The van der Waals surface area contributed by atoms with Crippen LogP contribution < -0.4 is 0 Å². The number of hydrogen-bond donors (Lipinski definition) is 0. The predicted octanol–water partition coefficient (Wildman–Crippen LogP) is 4.45. The molecule has 2 aromatic heterocycles. The molecule has 4 rings (SSSR count). The van der Waals surface area contributed by atoms with E-state index in [0.717, 1.165) is 33.1 Å². The zero-order chi connectivity index (χ0) is 13.4. The molecule has 4 aromatic rings. The van der Waals surface area contributed by atoms with E-state index in [1.807, 2.05) is 30.5 Å². The Morgan fingerprint density at radius 2 is 1.50 bits per heavy atom. The maximum Gasteiger partial charge on any atom is 0.0795 e. The van der Waals surface area contributed by atoms with Gasteiger partial charge in [-0.1, -0.05) is 48.5 Å². The lowest BCUT2D eigenvalue weighted by atomic mass is 10.1. The lowest BCUT2D eigenvalue weighted by Gasteiger charge is -2.06. The maximum absolute atomic E-state index is 4.76. The Hall–Kier alpha value is -2.74. The molecule has 0 unspecified atom stereocenters. The molecule has 0 fully saturated rings. The van der Waals surface area contributed by atoms with Crippen LogP contribution in [0.5, 0.6) is 0 Å². The number of rotatable bonds is 1. The minimum Gasteiger partial charge on any atom is -0.256 e. The van der Waals surface area contributed by atoms with Gasteiger partial charge in [-0.25, -0.2) is 4.98 Å². The van der Waals surface area contributed by atoms with Gasteiger partial charge in [0.15, 0.2) is 0 Å². The largest absolute Gasteiger partial charge is 0.256 e. The van der Waals surface area contributed by atoms with Gasteiger partial charge in [-0.15, -0.1) is 0 Å². The fraction of sp³-hybridized carbons (Fsp3) is 0. The van der Waals surface area contributed by atoms with Gasteiger partial charge in [0.2, 0.25) is 0 Å². The molecule has 2 aromatic carbocycles. The normalized spacial score (nSPS) is 11.0. The first-order valence-electron chi connectivity index (χ1n) is 6.62. The van der Waals surface area contributed by atoms with Crippen molar-refractivity contribution < 1.29 is 0 Å². The van der Waals surface area contributed by atoms with E-state index >= 15 is 0 Å². The third-order valence-electron chi connectivity index (χ3n) is 3.51. The van der Waals surface area contributed by atoms with Crippen molar-refractivity contribution in [3.63, 3.8) is 0 Å². The summed E-state index contributed by atoms with van der Waals surface area (Å²) in [6.07, 6.45) is 1.83. The number of pyridine rings is 2. The molecular weight excluding hydrogens is 244 g/mol. The van der Waals surface area contributed by atoms with Crippen LogP contribution in [0.15, 0.2) is 72.9 Å². The minimum absolute atomic E-state index is 0.966. The van der Waals surface area contributed by atoms with Crippen molar-refractivity contribution in [1.82, 2.24) is 9.97 Å². The second-order valence-electron chi connectivity index (χ2n) is 4.77. The quantitative estimate of drug-likeness (QED) is 0.503. The van der Waals surface area contributed by atoms with Crippen LogP contribution in [0, 0.1) is 0 Å². The first-order valence-corrected chi connectivity index (χ1v) is 6.62. The smallest absolute Gasteiger partial charge is 0.0795 e. The molecule has 0 aliphatic heterocycles. The van der Waals surface area contributed by atoms with Gasteiger partial charge in [0, 0.05) is 22.5 Å². The van der Waals surface area contributed by atoms with Crippen molar-refractivity contribution in [2.75, 3.05) is 0 Å². The lowest BCUT2D eigenvalue weighted by Crippen LogP contribution is -1.88. The summed E-state index contributed by atoms with van der Waals surface area (Å²) in [5.41, 5.74) is 4.05. The van der Waals surface area contributed by atoms with Crippen LogP contribution in [0.25, 0.3) is 33.1 Å². The van der Waals surface area contributed by atoms with Gasteiger partial charge in [-0.3, -0.25) is 4.98 Å². The van der Waals surface area contributed by atoms with Crippen LogP contribution in [0.1, 0.15) is 0 Å². The van der Waals surface area contributed by atoms with Crippen LogP contribution in [0.2, 0.25) is 0 Å². The topological polar surface area (TPSA) is 25.8 Å². The summed E-state index contributed by atoms with van der Waals surface area (Å²) in [4.78, 5) is 9.25. The second-order valence-corrected chi connectivity index (χ2v) is 4.77. The van der Waals surface area contributed by atoms with Gasteiger partial charge >= 0.3 is 0 Å². The van der Waals surface area contributed by atoms with Crippen molar-refractivity contribution in [1.29, 1.82) is 0 Å². The number of nitrogens with zero attached hydrogens (tertiary/aromatic N) is 2. The Bertz CT molecular complexity index is 908. The standard InChI is InChI=1S/C18H12N2/c1-2-9-16-13(5-1)10-11-17(20-16)15-8-3-6-14-7-4-12-19-18(14)15/h1-12H. The Balaban J connectivity index is 2.01. The highest BCUT2D eigenvalue weighted by atomic mass is 14.7. The van der Waals surface area contributed by atoms with E-state index in [1.165, 1.54) is 0 Å². The summed E-state index contributed by atoms with van der Waals surface area (Å²) < 4.78 is 0. The van der Waals surface area contributed by atoms with Gasteiger partial charge < -0.3 is 0 Å². The minimum atomic E-state index is 0.966. The second kappa shape index (κ2) is 4.42. The van der Waals surface area contributed by atoms with Crippen molar-refractivity contribution >= 4 is 21.8 Å². The molecular formula is C18H12N2. The summed E-state index contributed by atoms with van der Waals surface area (Å²) in [5.74, 6) is 0. The molecule has 2 heterocycles. The summed E-state index contributed by atoms with van der Waals surface area (Å²) in [6.45, 7) is 0. The molecule has 0 aliphatic rings. The van der Waals surface area contributed by atoms with Crippen LogP contribution >= 0.6 is 0 Å². The van der Waals surface area contributed by atoms with Gasteiger partial charge in [0.05, 0.1) is 16.7 Å². The summed E-state index contributed by atoms with van der Waals surface area (Å²) in [6, 6.07) is 22.6. The fourth-order valence-corrected chi connectivity index (χ4v) is 2.53. The van der Waals surface area contributed by atoms with Crippen LogP contribution in [0.4, 0.5) is 0 Å². The lowest BCUT2D eigenvalue weighted by molar-refractivity contribution is 1.37. The zero-order valence-corrected chi connectivity index (χ0v) is 10.8. The highest BCUT2D eigenvalue weighted by Gasteiger charge is 2.06. The number of benzene rings is 2. The highest BCUT2D eigenvalue weighted by molar-refractivity contribution is 5.93. The van der Waals surface area contributed by atoms with Crippen LogP contribution in [0.3, 0.4) is 0 Å². The molecule has 0 atom stereocenters. The third kappa shape index (κ3) is 1.74. The summed E-state index contributed by atoms with van der Waals surface area (Å²) in [5, 5.41) is 2.30. The average Bonchev–Trinajstić information content (AvgIpc) is 2.54. The van der Waals surface area contributed by atoms with Gasteiger partial charge in [-0.05, 0) is 18.2 Å². The number of fused-ring (bicyclic) bond motifs is 2. The molecule has 0 aliphatic carbocycles. The Morgan fingerprint density at radius 1 is 0.650 bits per heavy atom. The van der Waals surface area contributed by atoms with Gasteiger partial charge in [0.1, 0.15) is 0 Å². The number of para-hydroxylation sites is 2. The molecule has 20 heavy (non-hydrogen) atoms. The summed E-state index contributed by atoms with van der Waals surface area (Å²) in [7, 11) is 0. The Kier molecular flexibility index (Phi) is 2.46. The van der Waals surface area contributed by atoms with Crippen molar-refractivity contribution in [2.45, 2.75) is 0 Å².